The van der Waals surface area contributed by atoms with E-state index in [1.54, 1.807) is 0 Å². The van der Waals surface area contributed by atoms with Gasteiger partial charge in [0.1, 0.15) is 0 Å². The van der Waals surface area contributed by atoms with E-state index in [1.807, 2.05) is 48.6 Å². The molecule has 0 radical (unpaired) electrons. The van der Waals surface area contributed by atoms with Crippen LogP contribution < -0.4 is 0 Å². The minimum atomic E-state index is -0.478. The van der Waals surface area contributed by atoms with Crippen molar-refractivity contribution in [3.63, 3.8) is 0 Å². The fourth-order valence-electron chi connectivity index (χ4n) is 2.47. The van der Waals surface area contributed by atoms with Crippen LogP contribution in [0.4, 0.5) is 0 Å². The van der Waals surface area contributed by atoms with E-state index in [0.717, 1.165) is 12.0 Å². The fraction of sp³-hybridized carbons (Fsp3) is 0.524. The summed E-state index contributed by atoms with van der Waals surface area (Å²) in [6.07, 6.45) is 19.2. The van der Waals surface area contributed by atoms with Crippen molar-refractivity contribution in [1.29, 1.82) is 0 Å². The summed E-state index contributed by atoms with van der Waals surface area (Å²) in [5.41, 5.74) is 1.12. The lowest BCUT2D eigenvalue weighted by Crippen LogP contribution is -1.95. The molecule has 0 spiro atoms. The topological polar surface area (TPSA) is 20.2 Å². The lowest BCUT2D eigenvalue weighted by atomic mass is 10.1. The van der Waals surface area contributed by atoms with Crippen molar-refractivity contribution >= 4 is 6.08 Å². The Morgan fingerprint density at radius 2 is 1.50 bits per heavy atom. The Morgan fingerprint density at radius 3 is 2.18 bits per heavy atom. The third-order valence-electron chi connectivity index (χ3n) is 3.84. The summed E-state index contributed by atoms with van der Waals surface area (Å²) < 4.78 is 0. The number of benzene rings is 1. The smallest absolute Gasteiger partial charge is 0.0905 e. The van der Waals surface area contributed by atoms with Gasteiger partial charge in [-0.25, -0.2) is 0 Å². The number of hydrogen-bond acceptors (Lipinski definition) is 1. The second-order valence-corrected chi connectivity index (χ2v) is 5.95. The first-order valence-corrected chi connectivity index (χ1v) is 8.91. The van der Waals surface area contributed by atoms with Crippen molar-refractivity contribution in [2.24, 2.45) is 0 Å². The predicted molar refractivity (Wildman–Crippen MR) is 97.8 cm³/mol. The van der Waals surface area contributed by atoms with Crippen LogP contribution in [0.25, 0.3) is 6.08 Å². The number of rotatable bonds is 12. The summed E-state index contributed by atoms with van der Waals surface area (Å²) in [6.45, 7) is 2.26. The maximum Gasteiger partial charge on any atom is 0.0905 e. The van der Waals surface area contributed by atoms with E-state index in [4.69, 9.17) is 0 Å². The summed E-state index contributed by atoms with van der Waals surface area (Å²) >= 11 is 0. The minimum Gasteiger partial charge on any atom is -0.385 e. The third-order valence-corrected chi connectivity index (χ3v) is 3.84. The summed E-state index contributed by atoms with van der Waals surface area (Å²) in [4.78, 5) is 0. The molecule has 0 aliphatic heterocycles. The zero-order chi connectivity index (χ0) is 15.9. The van der Waals surface area contributed by atoms with Gasteiger partial charge in [0, 0.05) is 0 Å². The van der Waals surface area contributed by atoms with Crippen LogP contribution in [0, 0.1) is 0 Å². The van der Waals surface area contributed by atoms with Crippen molar-refractivity contribution < 1.29 is 5.11 Å². The standard InChI is InChI=1S/C21H32O/c1-2-3-4-5-6-7-8-9-10-14-17-21(22)19-18-20-15-12-11-13-16-20/h11-19,21-22H,2-10H2,1H3/b17-14+,19-18+. The Hall–Kier alpha value is -1.34. The van der Waals surface area contributed by atoms with Gasteiger partial charge in [0.05, 0.1) is 6.10 Å². The summed E-state index contributed by atoms with van der Waals surface area (Å²) in [5.74, 6) is 0. The van der Waals surface area contributed by atoms with Gasteiger partial charge in [-0.1, -0.05) is 107 Å². The summed E-state index contributed by atoms with van der Waals surface area (Å²) in [6, 6.07) is 10.1. The van der Waals surface area contributed by atoms with Gasteiger partial charge >= 0.3 is 0 Å². The molecule has 0 aliphatic rings. The molecule has 1 aromatic carbocycles. The number of hydrogen-bond donors (Lipinski definition) is 1. The van der Waals surface area contributed by atoms with Crippen LogP contribution in [0.3, 0.4) is 0 Å². The van der Waals surface area contributed by atoms with Crippen LogP contribution >= 0.6 is 0 Å². The Kier molecular flexibility index (Phi) is 11.3. The third kappa shape index (κ3) is 10.4. The maximum atomic E-state index is 9.86. The van der Waals surface area contributed by atoms with Crippen molar-refractivity contribution in [2.45, 2.75) is 70.8 Å². The van der Waals surface area contributed by atoms with Gasteiger partial charge in [-0.3, -0.25) is 0 Å². The fourth-order valence-corrected chi connectivity index (χ4v) is 2.47. The molecule has 0 aromatic heterocycles. The highest BCUT2D eigenvalue weighted by atomic mass is 16.3. The lowest BCUT2D eigenvalue weighted by molar-refractivity contribution is 0.272. The molecular formula is C21H32O. The Bertz CT molecular complexity index is 405. The van der Waals surface area contributed by atoms with Crippen molar-refractivity contribution in [3.05, 3.63) is 54.1 Å². The SMILES string of the molecule is CCCCCCCCCC/C=C/C(O)/C=C/c1ccccc1. The van der Waals surface area contributed by atoms with Gasteiger partial charge in [-0.15, -0.1) is 0 Å². The van der Waals surface area contributed by atoms with Gasteiger partial charge in [-0.05, 0) is 18.4 Å². The van der Waals surface area contributed by atoms with Gasteiger partial charge in [0.25, 0.3) is 0 Å². The molecule has 1 nitrogen and oxygen atoms in total. The number of unbranched alkanes of at least 4 members (excludes halogenated alkanes) is 8. The molecule has 1 N–H and O–H groups in total. The predicted octanol–water partition coefficient (Wildman–Crippen LogP) is 6.15. The summed E-state index contributed by atoms with van der Waals surface area (Å²) in [5, 5.41) is 9.86. The minimum absolute atomic E-state index is 0.478. The molecule has 1 rings (SSSR count). The molecule has 1 atom stereocenters. The first-order chi connectivity index (χ1) is 10.8. The maximum absolute atomic E-state index is 9.86. The second kappa shape index (κ2) is 13.3. The van der Waals surface area contributed by atoms with E-state index >= 15 is 0 Å². The molecule has 1 heteroatoms. The van der Waals surface area contributed by atoms with Gasteiger partial charge < -0.3 is 5.11 Å². The molecule has 0 amide bonds. The molecule has 0 fully saturated rings. The molecular weight excluding hydrogens is 268 g/mol. The number of aliphatic hydroxyl groups excluding tert-OH is 1. The van der Waals surface area contributed by atoms with E-state index in [2.05, 4.69) is 13.0 Å². The molecule has 22 heavy (non-hydrogen) atoms. The second-order valence-electron chi connectivity index (χ2n) is 5.95. The number of aliphatic hydroxyl groups is 1. The molecule has 122 valence electrons. The molecule has 1 aromatic rings. The molecule has 0 heterocycles. The molecule has 0 saturated heterocycles. The average molecular weight is 300 g/mol. The van der Waals surface area contributed by atoms with E-state index in [0.29, 0.717) is 0 Å². The quantitative estimate of drug-likeness (QED) is 0.362. The van der Waals surface area contributed by atoms with Crippen LogP contribution in [-0.2, 0) is 0 Å². The normalized spacial score (nSPS) is 13.2. The van der Waals surface area contributed by atoms with Crippen molar-refractivity contribution in [2.75, 3.05) is 0 Å². The van der Waals surface area contributed by atoms with Crippen LogP contribution in [0.1, 0.15) is 70.3 Å². The Morgan fingerprint density at radius 1 is 0.864 bits per heavy atom. The molecule has 0 aliphatic carbocycles. The first kappa shape index (κ1) is 18.7. The first-order valence-electron chi connectivity index (χ1n) is 8.91. The van der Waals surface area contributed by atoms with Crippen LogP contribution in [0.2, 0.25) is 0 Å². The number of allylic oxidation sites excluding steroid dienone is 1. The monoisotopic (exact) mass is 300 g/mol. The van der Waals surface area contributed by atoms with Gasteiger partial charge in [0.2, 0.25) is 0 Å². The highest BCUT2D eigenvalue weighted by Crippen LogP contribution is 2.10. The zero-order valence-electron chi connectivity index (χ0n) is 14.1. The molecule has 0 saturated carbocycles. The zero-order valence-corrected chi connectivity index (χ0v) is 14.1. The van der Waals surface area contributed by atoms with E-state index in [1.165, 1.54) is 51.4 Å². The van der Waals surface area contributed by atoms with Gasteiger partial charge in [0.15, 0.2) is 0 Å². The molecule has 1 unspecified atom stereocenters. The van der Waals surface area contributed by atoms with Crippen LogP contribution in [-0.4, -0.2) is 11.2 Å². The van der Waals surface area contributed by atoms with Gasteiger partial charge in [-0.2, -0.15) is 0 Å². The lowest BCUT2D eigenvalue weighted by Gasteiger charge is -2.00. The van der Waals surface area contributed by atoms with Crippen LogP contribution in [0.5, 0.6) is 0 Å². The largest absolute Gasteiger partial charge is 0.385 e. The Balaban J connectivity index is 2.02. The average Bonchev–Trinajstić information content (AvgIpc) is 2.55. The molecule has 0 bridgehead atoms. The Labute approximate surface area is 136 Å². The van der Waals surface area contributed by atoms with Crippen LogP contribution in [0.15, 0.2) is 48.6 Å². The summed E-state index contributed by atoms with van der Waals surface area (Å²) in [7, 11) is 0. The van der Waals surface area contributed by atoms with E-state index < -0.39 is 6.10 Å². The van der Waals surface area contributed by atoms with E-state index in [-0.39, 0.29) is 0 Å². The van der Waals surface area contributed by atoms with Crippen molar-refractivity contribution in [1.82, 2.24) is 0 Å². The highest BCUT2D eigenvalue weighted by molar-refractivity contribution is 5.49. The van der Waals surface area contributed by atoms with Crippen molar-refractivity contribution in [3.8, 4) is 0 Å². The highest BCUT2D eigenvalue weighted by Gasteiger charge is 1.93. The van der Waals surface area contributed by atoms with E-state index in [9.17, 15) is 5.11 Å².